The van der Waals surface area contributed by atoms with Crippen molar-refractivity contribution in [2.24, 2.45) is 11.8 Å². The molecule has 2 rings (SSSR count). The minimum absolute atomic E-state index is 0.0715. The zero-order chi connectivity index (χ0) is 22.0. The molecule has 5 nitrogen and oxygen atoms in total. The van der Waals surface area contributed by atoms with Gasteiger partial charge >= 0.3 is 6.09 Å². The van der Waals surface area contributed by atoms with E-state index in [1.54, 1.807) is 6.08 Å². The Morgan fingerprint density at radius 2 is 2.03 bits per heavy atom. The van der Waals surface area contributed by atoms with Crippen molar-refractivity contribution in [3.63, 3.8) is 0 Å². The first-order valence-electron chi connectivity index (χ1n) is 11.1. The maximum Gasteiger partial charge on any atom is 0.410 e. The van der Waals surface area contributed by atoms with Crippen LogP contribution in [-0.4, -0.2) is 50.4 Å². The molecule has 1 amide bonds. The van der Waals surface area contributed by atoms with E-state index >= 15 is 0 Å². The largest absolute Gasteiger partial charge is 0.453 e. The quantitative estimate of drug-likeness (QED) is 0.379. The van der Waals surface area contributed by atoms with E-state index in [1.807, 2.05) is 4.90 Å². The summed E-state index contributed by atoms with van der Waals surface area (Å²) < 4.78 is 11.8. The molecule has 0 aromatic carbocycles. The molecule has 29 heavy (non-hydrogen) atoms. The second-order valence-electron chi connectivity index (χ2n) is 10.3. The summed E-state index contributed by atoms with van der Waals surface area (Å²) in [5.74, 6) is -0.259. The predicted octanol–water partition coefficient (Wildman–Crippen LogP) is 5.56. The van der Waals surface area contributed by atoms with E-state index in [2.05, 4.69) is 47.4 Å². The van der Waals surface area contributed by atoms with Gasteiger partial charge in [-0.1, -0.05) is 46.6 Å². The number of carbonyl (C=O) groups excluding carboxylic acids is 2. The van der Waals surface area contributed by atoms with E-state index in [0.29, 0.717) is 13.0 Å². The van der Waals surface area contributed by atoms with Crippen LogP contribution in [0.3, 0.4) is 0 Å². The highest BCUT2D eigenvalue weighted by atomic mass is 28.4. The molecule has 2 aliphatic rings. The SMILES string of the molecule is C=CC[C@H]1C(=O)[C@H](CO[Si](C)(C)C(C)(C)C)[C@@]2(CCCC)CC[C@@H]1N2C(=O)OC. The molecule has 166 valence electrons. The maximum absolute atomic E-state index is 13.7. The highest BCUT2D eigenvalue weighted by Crippen LogP contribution is 2.52. The van der Waals surface area contributed by atoms with Crippen LogP contribution >= 0.6 is 0 Å². The highest BCUT2D eigenvalue weighted by molar-refractivity contribution is 6.74. The number of carbonyl (C=O) groups is 2. The number of rotatable bonds is 8. The van der Waals surface area contributed by atoms with E-state index in [-0.39, 0.29) is 34.8 Å². The van der Waals surface area contributed by atoms with Crippen molar-refractivity contribution in [3.05, 3.63) is 12.7 Å². The summed E-state index contributed by atoms with van der Waals surface area (Å²) in [6, 6.07) is -0.0890. The molecule has 0 spiro atoms. The number of methoxy groups -OCH3 is 1. The molecule has 0 N–H and O–H groups in total. The third kappa shape index (κ3) is 4.34. The Morgan fingerprint density at radius 3 is 2.55 bits per heavy atom. The Morgan fingerprint density at radius 1 is 1.38 bits per heavy atom. The zero-order valence-corrected chi connectivity index (χ0v) is 20.5. The van der Waals surface area contributed by atoms with Crippen molar-refractivity contribution < 1.29 is 18.8 Å². The zero-order valence-electron chi connectivity index (χ0n) is 19.5. The van der Waals surface area contributed by atoms with Gasteiger partial charge in [0.1, 0.15) is 5.78 Å². The van der Waals surface area contributed by atoms with Crippen LogP contribution in [0.25, 0.3) is 0 Å². The monoisotopic (exact) mass is 423 g/mol. The van der Waals surface area contributed by atoms with Crippen LogP contribution in [0, 0.1) is 11.8 Å². The maximum atomic E-state index is 13.7. The van der Waals surface area contributed by atoms with Gasteiger partial charge in [-0.2, -0.15) is 0 Å². The summed E-state index contributed by atoms with van der Waals surface area (Å²) in [7, 11) is -0.577. The lowest BCUT2D eigenvalue weighted by atomic mass is 9.70. The Kier molecular flexibility index (Phi) is 7.43. The summed E-state index contributed by atoms with van der Waals surface area (Å²) in [5, 5.41) is 0.0715. The Hall–Kier alpha value is -1.14. The smallest absolute Gasteiger partial charge is 0.410 e. The van der Waals surface area contributed by atoms with Gasteiger partial charge < -0.3 is 9.16 Å². The molecule has 0 aromatic rings. The molecule has 4 atom stereocenters. The van der Waals surface area contributed by atoms with Crippen LogP contribution in [0.15, 0.2) is 12.7 Å². The summed E-state index contributed by atoms with van der Waals surface area (Å²) >= 11 is 0. The van der Waals surface area contributed by atoms with Crippen molar-refractivity contribution in [3.8, 4) is 0 Å². The van der Waals surface area contributed by atoms with Crippen molar-refractivity contribution >= 4 is 20.2 Å². The van der Waals surface area contributed by atoms with Crippen LogP contribution in [0.4, 0.5) is 4.79 Å². The predicted molar refractivity (Wildman–Crippen MR) is 119 cm³/mol. The average Bonchev–Trinajstić information content (AvgIpc) is 2.97. The molecular formula is C23H41NO4Si. The van der Waals surface area contributed by atoms with Crippen molar-refractivity contribution in [2.45, 2.75) is 95.9 Å². The standard InChI is InChI=1S/C23H41NO4Si/c1-9-11-14-23-15-13-19(24(23)21(26)27-6)17(12-10-2)20(25)18(23)16-28-29(7,8)22(3,4)5/h10,17-19H,2,9,11-16H2,1,3-8H3/t17-,18+,19+,23-/m1/s1. The first-order valence-corrected chi connectivity index (χ1v) is 14.0. The molecule has 2 aliphatic heterocycles. The summed E-state index contributed by atoms with van der Waals surface area (Å²) in [4.78, 5) is 28.5. The van der Waals surface area contributed by atoms with Gasteiger partial charge in [0.15, 0.2) is 8.32 Å². The first kappa shape index (κ1) is 24.1. The fourth-order valence-corrected chi connectivity index (χ4v) is 5.95. The molecule has 2 bridgehead atoms. The van der Waals surface area contributed by atoms with Crippen LogP contribution in [0.1, 0.15) is 66.2 Å². The minimum atomic E-state index is -2.02. The fourth-order valence-electron chi connectivity index (χ4n) is 4.93. The van der Waals surface area contributed by atoms with Gasteiger partial charge in [0.2, 0.25) is 0 Å². The topological polar surface area (TPSA) is 55.8 Å². The van der Waals surface area contributed by atoms with Gasteiger partial charge in [-0.15, -0.1) is 6.58 Å². The Bertz CT molecular complexity index is 627. The van der Waals surface area contributed by atoms with E-state index in [1.165, 1.54) is 7.11 Å². The molecule has 2 fully saturated rings. The third-order valence-corrected chi connectivity index (χ3v) is 12.2. The molecule has 0 saturated carbocycles. The van der Waals surface area contributed by atoms with Crippen LogP contribution in [0.2, 0.25) is 18.1 Å². The lowest BCUT2D eigenvalue weighted by molar-refractivity contribution is -0.142. The molecule has 2 heterocycles. The summed E-state index contributed by atoms with van der Waals surface area (Å²) in [6.07, 6.45) is 6.63. The number of piperidine rings is 1. The van der Waals surface area contributed by atoms with Crippen molar-refractivity contribution in [2.75, 3.05) is 13.7 Å². The van der Waals surface area contributed by atoms with Crippen LogP contribution in [-0.2, 0) is 14.0 Å². The molecule has 6 heteroatoms. The fraction of sp³-hybridized carbons (Fsp3) is 0.826. The lowest BCUT2D eigenvalue weighted by Crippen LogP contribution is -2.65. The second kappa shape index (κ2) is 8.92. The van der Waals surface area contributed by atoms with Gasteiger partial charge in [0.25, 0.3) is 0 Å². The van der Waals surface area contributed by atoms with Crippen LogP contribution < -0.4 is 0 Å². The number of hydrogen-bond acceptors (Lipinski definition) is 4. The number of hydrogen-bond donors (Lipinski definition) is 0. The van der Waals surface area contributed by atoms with E-state index in [4.69, 9.17) is 9.16 Å². The number of ketones is 1. The van der Waals surface area contributed by atoms with Gasteiger partial charge in [-0.05, 0) is 43.8 Å². The van der Waals surface area contributed by atoms with Gasteiger partial charge in [0.05, 0.1) is 18.6 Å². The normalized spacial score (nSPS) is 29.8. The van der Waals surface area contributed by atoms with E-state index in [9.17, 15) is 9.59 Å². The molecule has 0 aromatic heterocycles. The molecule has 2 saturated heterocycles. The number of nitrogens with zero attached hydrogens (tertiary/aromatic N) is 1. The number of allylic oxidation sites excluding steroid dienone is 1. The number of Topliss-reactive ketones (excluding diaryl/α,β-unsaturated/α-hetero) is 1. The minimum Gasteiger partial charge on any atom is -0.453 e. The molecule has 0 aliphatic carbocycles. The third-order valence-electron chi connectivity index (χ3n) is 7.68. The van der Waals surface area contributed by atoms with Gasteiger partial charge in [-0.3, -0.25) is 9.69 Å². The van der Waals surface area contributed by atoms with E-state index in [0.717, 1.165) is 32.1 Å². The van der Waals surface area contributed by atoms with Crippen molar-refractivity contribution in [1.29, 1.82) is 0 Å². The Balaban J connectivity index is 2.46. The average molecular weight is 424 g/mol. The number of unbranched alkanes of at least 4 members (excludes halogenated alkanes) is 1. The molecule has 0 unspecified atom stereocenters. The summed E-state index contributed by atoms with van der Waals surface area (Å²) in [6.45, 7) is 17.5. The number of amides is 1. The Labute approximate surface area is 178 Å². The lowest BCUT2D eigenvalue weighted by Gasteiger charge is -2.51. The van der Waals surface area contributed by atoms with Crippen LogP contribution in [0.5, 0.6) is 0 Å². The first-order chi connectivity index (χ1) is 13.5. The highest BCUT2D eigenvalue weighted by Gasteiger charge is 2.63. The molecular weight excluding hydrogens is 382 g/mol. The van der Waals surface area contributed by atoms with Gasteiger partial charge in [0, 0.05) is 18.6 Å². The number of fused-ring (bicyclic) bond motifs is 2. The molecule has 0 radical (unpaired) electrons. The van der Waals surface area contributed by atoms with Crippen molar-refractivity contribution in [1.82, 2.24) is 4.90 Å². The summed E-state index contributed by atoms with van der Waals surface area (Å²) in [5.41, 5.74) is -0.481. The van der Waals surface area contributed by atoms with E-state index < -0.39 is 13.9 Å². The second-order valence-corrected chi connectivity index (χ2v) is 15.1. The number of ether oxygens (including phenoxy) is 1. The van der Waals surface area contributed by atoms with Gasteiger partial charge in [-0.25, -0.2) is 4.79 Å².